The highest BCUT2D eigenvalue weighted by molar-refractivity contribution is 5.82. The van der Waals surface area contributed by atoms with Gasteiger partial charge in [0.25, 0.3) is 0 Å². The van der Waals surface area contributed by atoms with Gasteiger partial charge >= 0.3 is 0 Å². The summed E-state index contributed by atoms with van der Waals surface area (Å²) in [5.74, 6) is 0.0324. The zero-order valence-corrected chi connectivity index (χ0v) is 11.4. The zero-order chi connectivity index (χ0) is 13.9. The summed E-state index contributed by atoms with van der Waals surface area (Å²) in [7, 11) is 1.98. The van der Waals surface area contributed by atoms with Gasteiger partial charge < -0.3 is 9.84 Å². The van der Waals surface area contributed by atoms with Crippen LogP contribution in [0.15, 0.2) is 41.1 Å². The molecule has 1 aromatic heterocycles. The number of aromatic nitrogens is 1. The monoisotopic (exact) mass is 271 g/mol. The summed E-state index contributed by atoms with van der Waals surface area (Å²) >= 11 is 0. The molecule has 5 heteroatoms. The molecule has 1 aliphatic rings. The molecule has 0 aliphatic carbocycles. The molecule has 2 heterocycles. The highest BCUT2D eigenvalue weighted by Gasteiger charge is 2.28. The van der Waals surface area contributed by atoms with Crippen molar-refractivity contribution in [3.63, 3.8) is 0 Å². The van der Waals surface area contributed by atoms with Crippen LogP contribution in [0.3, 0.4) is 0 Å². The third-order valence-electron chi connectivity index (χ3n) is 3.72. The maximum absolute atomic E-state index is 12.3. The summed E-state index contributed by atoms with van der Waals surface area (Å²) in [4.78, 5) is 14.4. The normalized spacial score (nSPS) is 18.6. The number of fused-ring (bicyclic) bond motifs is 1. The van der Waals surface area contributed by atoms with E-state index in [9.17, 15) is 4.79 Å². The van der Waals surface area contributed by atoms with Crippen molar-refractivity contribution in [3.8, 4) is 0 Å². The second-order valence-corrected chi connectivity index (χ2v) is 5.11. The van der Waals surface area contributed by atoms with Gasteiger partial charge in [-0.1, -0.05) is 29.4 Å². The first kappa shape index (κ1) is 12.9. The van der Waals surface area contributed by atoms with Gasteiger partial charge in [0.15, 0.2) is 0 Å². The van der Waals surface area contributed by atoms with Gasteiger partial charge in [0.05, 0.1) is 12.6 Å². The Hall–Kier alpha value is -2.14. The van der Waals surface area contributed by atoms with Crippen LogP contribution in [0.2, 0.25) is 0 Å². The topological polar surface area (TPSA) is 58.4 Å². The van der Waals surface area contributed by atoms with E-state index in [0.29, 0.717) is 6.54 Å². The molecule has 0 fully saturated rings. The summed E-state index contributed by atoms with van der Waals surface area (Å²) in [6.45, 7) is 1.21. The maximum Gasteiger partial charge on any atom is 0.238 e. The minimum atomic E-state index is -0.128. The van der Waals surface area contributed by atoms with Crippen molar-refractivity contribution in [1.29, 1.82) is 0 Å². The fourth-order valence-electron chi connectivity index (χ4n) is 2.57. The molecule has 5 nitrogen and oxygen atoms in total. The highest BCUT2D eigenvalue weighted by Crippen LogP contribution is 2.21. The number of rotatable bonds is 3. The number of likely N-dealkylation sites (N-methyl/N-ethyl adjacent to an activating group) is 1. The van der Waals surface area contributed by atoms with E-state index in [1.54, 1.807) is 6.07 Å². The van der Waals surface area contributed by atoms with Gasteiger partial charge in [-0.15, -0.1) is 0 Å². The molecule has 1 N–H and O–H groups in total. The van der Waals surface area contributed by atoms with Gasteiger partial charge in [-0.2, -0.15) is 0 Å². The Morgan fingerprint density at radius 2 is 2.20 bits per heavy atom. The van der Waals surface area contributed by atoms with E-state index < -0.39 is 0 Å². The van der Waals surface area contributed by atoms with E-state index in [2.05, 4.69) is 27.5 Å². The molecule has 0 saturated carbocycles. The summed E-state index contributed by atoms with van der Waals surface area (Å²) < 4.78 is 4.75. The second kappa shape index (κ2) is 5.46. The minimum absolute atomic E-state index is 0.0324. The van der Waals surface area contributed by atoms with E-state index >= 15 is 0 Å². The van der Waals surface area contributed by atoms with E-state index in [4.69, 9.17) is 4.52 Å². The lowest BCUT2D eigenvalue weighted by Crippen LogP contribution is -2.48. The molecular formula is C15H17N3O2. The summed E-state index contributed by atoms with van der Waals surface area (Å²) in [5.41, 5.74) is 3.29. The zero-order valence-electron chi connectivity index (χ0n) is 11.4. The molecule has 0 spiro atoms. The summed E-state index contributed by atoms with van der Waals surface area (Å²) in [6.07, 6.45) is 2.25. The number of benzene rings is 1. The third kappa shape index (κ3) is 2.58. The Balaban J connectivity index is 1.66. The van der Waals surface area contributed by atoms with Crippen molar-refractivity contribution < 1.29 is 9.32 Å². The number of nitrogens with zero attached hydrogens (tertiary/aromatic N) is 2. The molecule has 1 amide bonds. The molecule has 0 radical (unpaired) electrons. The molecule has 1 aliphatic heterocycles. The van der Waals surface area contributed by atoms with Crippen LogP contribution in [-0.4, -0.2) is 29.1 Å². The summed E-state index contributed by atoms with van der Waals surface area (Å²) in [6, 6.07) is 9.90. The van der Waals surface area contributed by atoms with Crippen molar-refractivity contribution in [2.75, 3.05) is 7.05 Å². The molecule has 3 rings (SSSR count). The predicted molar refractivity (Wildman–Crippen MR) is 73.8 cm³/mol. The summed E-state index contributed by atoms with van der Waals surface area (Å²) in [5, 5.41) is 6.70. The van der Waals surface area contributed by atoms with Gasteiger partial charge in [0, 0.05) is 12.6 Å². The van der Waals surface area contributed by atoms with Crippen LogP contribution < -0.4 is 5.32 Å². The van der Waals surface area contributed by atoms with Gasteiger partial charge in [-0.3, -0.25) is 9.69 Å². The Labute approximate surface area is 117 Å². The van der Waals surface area contributed by atoms with Gasteiger partial charge in [0.1, 0.15) is 12.0 Å². The number of hydrogen-bond acceptors (Lipinski definition) is 4. The van der Waals surface area contributed by atoms with Crippen LogP contribution in [0, 0.1) is 0 Å². The van der Waals surface area contributed by atoms with E-state index in [1.165, 1.54) is 17.4 Å². The molecule has 104 valence electrons. The molecule has 20 heavy (non-hydrogen) atoms. The van der Waals surface area contributed by atoms with Crippen molar-refractivity contribution in [2.24, 2.45) is 0 Å². The van der Waals surface area contributed by atoms with Crippen molar-refractivity contribution in [2.45, 2.75) is 25.6 Å². The number of carbonyl (C=O) groups excluding carboxylic acids is 1. The Morgan fingerprint density at radius 1 is 1.40 bits per heavy atom. The first-order valence-corrected chi connectivity index (χ1v) is 6.68. The lowest BCUT2D eigenvalue weighted by Gasteiger charge is -2.32. The first-order chi connectivity index (χ1) is 9.74. The largest absolute Gasteiger partial charge is 0.364 e. The third-order valence-corrected chi connectivity index (χ3v) is 3.72. The smallest absolute Gasteiger partial charge is 0.238 e. The van der Waals surface area contributed by atoms with Crippen LogP contribution in [0.1, 0.15) is 16.8 Å². The molecule has 0 saturated heterocycles. The van der Waals surface area contributed by atoms with Gasteiger partial charge in [0.2, 0.25) is 5.91 Å². The quantitative estimate of drug-likeness (QED) is 0.915. The van der Waals surface area contributed by atoms with Crippen LogP contribution in [0.4, 0.5) is 0 Å². The molecule has 2 aromatic rings. The van der Waals surface area contributed by atoms with Crippen LogP contribution in [0.5, 0.6) is 0 Å². The number of amides is 1. The van der Waals surface area contributed by atoms with Crippen molar-refractivity contribution in [1.82, 2.24) is 15.4 Å². The van der Waals surface area contributed by atoms with E-state index in [1.807, 2.05) is 19.2 Å². The number of carbonyl (C=O) groups is 1. The average molecular weight is 271 g/mol. The van der Waals surface area contributed by atoms with Gasteiger partial charge in [-0.25, -0.2) is 0 Å². The minimum Gasteiger partial charge on any atom is -0.364 e. The van der Waals surface area contributed by atoms with E-state index in [-0.39, 0.29) is 11.9 Å². The SMILES string of the molecule is CN1Cc2ccccc2CC1C(=O)NCc1ccon1. The Bertz CT molecular complexity index is 595. The number of hydrogen-bond donors (Lipinski definition) is 1. The van der Waals surface area contributed by atoms with Crippen molar-refractivity contribution >= 4 is 5.91 Å². The first-order valence-electron chi connectivity index (χ1n) is 6.68. The lowest BCUT2D eigenvalue weighted by atomic mass is 9.94. The molecule has 1 unspecified atom stereocenters. The number of nitrogens with one attached hydrogen (secondary N) is 1. The van der Waals surface area contributed by atoms with Crippen LogP contribution in [0.25, 0.3) is 0 Å². The predicted octanol–water partition coefficient (Wildman–Crippen LogP) is 1.35. The standard InChI is InChI=1S/C15H17N3O2/c1-18-10-12-5-3-2-4-11(12)8-14(18)15(19)16-9-13-6-7-20-17-13/h2-7,14H,8-10H2,1H3,(H,16,19). The fraction of sp³-hybridized carbons (Fsp3) is 0.333. The van der Waals surface area contributed by atoms with Gasteiger partial charge in [-0.05, 0) is 24.6 Å². The molecule has 1 atom stereocenters. The van der Waals surface area contributed by atoms with Crippen molar-refractivity contribution in [3.05, 3.63) is 53.4 Å². The molecule has 1 aromatic carbocycles. The Morgan fingerprint density at radius 3 is 2.95 bits per heavy atom. The molecular weight excluding hydrogens is 254 g/mol. The maximum atomic E-state index is 12.3. The van der Waals surface area contributed by atoms with Crippen LogP contribution >= 0.6 is 0 Å². The highest BCUT2D eigenvalue weighted by atomic mass is 16.5. The van der Waals surface area contributed by atoms with Crippen LogP contribution in [-0.2, 0) is 24.3 Å². The average Bonchev–Trinajstić information content (AvgIpc) is 2.97. The second-order valence-electron chi connectivity index (χ2n) is 5.11. The lowest BCUT2D eigenvalue weighted by molar-refractivity contribution is -0.126. The van der Waals surface area contributed by atoms with E-state index in [0.717, 1.165) is 18.7 Å². The molecule has 0 bridgehead atoms. The Kier molecular flexibility index (Phi) is 3.52. The fourth-order valence-corrected chi connectivity index (χ4v) is 2.57.